The second-order valence-electron chi connectivity index (χ2n) is 6.22. The number of para-hydroxylation sites is 1. The smallest absolute Gasteiger partial charge is 0.238 e. The summed E-state index contributed by atoms with van der Waals surface area (Å²) < 4.78 is 6.10. The average molecular weight is 396 g/mol. The standard InChI is InChI=1S/C22H18ClNO2S/c23-17-10-12-18(13-11-17)24-21(25)15-27-22(24)19-8-4-5-9-20(19)26-14-16-6-2-1-3-7-16/h1-13,22H,14-15H2/t22-/m1/s1. The zero-order valence-corrected chi connectivity index (χ0v) is 16.1. The first-order valence-corrected chi connectivity index (χ1v) is 10.1. The Kier molecular flexibility index (Phi) is 5.37. The number of nitrogens with zero attached hydrogens (tertiary/aromatic N) is 1. The van der Waals surface area contributed by atoms with E-state index in [4.69, 9.17) is 16.3 Å². The number of thioether (sulfide) groups is 1. The molecule has 27 heavy (non-hydrogen) atoms. The van der Waals surface area contributed by atoms with Gasteiger partial charge in [-0.2, -0.15) is 0 Å². The van der Waals surface area contributed by atoms with Crippen LogP contribution in [-0.4, -0.2) is 11.7 Å². The molecule has 1 amide bonds. The molecule has 4 rings (SSSR count). The summed E-state index contributed by atoms with van der Waals surface area (Å²) in [6, 6.07) is 25.4. The third kappa shape index (κ3) is 3.97. The van der Waals surface area contributed by atoms with Gasteiger partial charge in [0.1, 0.15) is 17.7 Å². The quantitative estimate of drug-likeness (QED) is 0.555. The molecular weight excluding hydrogens is 378 g/mol. The third-order valence-corrected chi connectivity index (χ3v) is 5.84. The van der Waals surface area contributed by atoms with Crippen molar-refractivity contribution in [1.82, 2.24) is 0 Å². The maximum absolute atomic E-state index is 12.6. The van der Waals surface area contributed by atoms with Crippen LogP contribution in [0.5, 0.6) is 5.75 Å². The maximum atomic E-state index is 12.6. The van der Waals surface area contributed by atoms with Gasteiger partial charge < -0.3 is 4.74 Å². The molecular formula is C22H18ClNO2S. The molecule has 0 radical (unpaired) electrons. The highest BCUT2D eigenvalue weighted by atomic mass is 35.5. The van der Waals surface area contributed by atoms with Gasteiger partial charge in [0.05, 0.1) is 5.75 Å². The molecule has 0 bridgehead atoms. The normalized spacial score (nSPS) is 16.6. The van der Waals surface area contributed by atoms with Gasteiger partial charge in [0.15, 0.2) is 0 Å². The van der Waals surface area contributed by atoms with Crippen molar-refractivity contribution >= 4 is 35.0 Å². The van der Waals surface area contributed by atoms with Crippen molar-refractivity contribution in [3.05, 3.63) is 95.0 Å². The van der Waals surface area contributed by atoms with Crippen molar-refractivity contribution in [2.75, 3.05) is 10.7 Å². The van der Waals surface area contributed by atoms with Gasteiger partial charge in [0.25, 0.3) is 0 Å². The van der Waals surface area contributed by atoms with Crippen LogP contribution in [0.1, 0.15) is 16.5 Å². The molecule has 3 aromatic carbocycles. The van der Waals surface area contributed by atoms with Crippen LogP contribution in [0.25, 0.3) is 0 Å². The lowest BCUT2D eigenvalue weighted by Crippen LogP contribution is -2.28. The van der Waals surface area contributed by atoms with E-state index < -0.39 is 0 Å². The Hall–Kier alpha value is -2.43. The predicted octanol–water partition coefficient (Wildman–Crippen LogP) is 5.70. The fourth-order valence-electron chi connectivity index (χ4n) is 3.09. The molecule has 1 heterocycles. The van der Waals surface area contributed by atoms with Crippen molar-refractivity contribution in [3.8, 4) is 5.75 Å². The third-order valence-electron chi connectivity index (χ3n) is 4.39. The molecule has 0 saturated carbocycles. The van der Waals surface area contributed by atoms with Crippen molar-refractivity contribution in [3.63, 3.8) is 0 Å². The van der Waals surface area contributed by atoms with E-state index in [2.05, 4.69) is 0 Å². The van der Waals surface area contributed by atoms with Crippen molar-refractivity contribution in [2.24, 2.45) is 0 Å². The second-order valence-corrected chi connectivity index (χ2v) is 7.72. The van der Waals surface area contributed by atoms with Crippen molar-refractivity contribution < 1.29 is 9.53 Å². The molecule has 0 unspecified atom stereocenters. The number of amides is 1. The highest BCUT2D eigenvalue weighted by molar-refractivity contribution is 8.00. The molecule has 1 saturated heterocycles. The number of hydrogen-bond donors (Lipinski definition) is 0. The van der Waals surface area contributed by atoms with Crippen molar-refractivity contribution in [2.45, 2.75) is 12.0 Å². The molecule has 0 N–H and O–H groups in total. The van der Waals surface area contributed by atoms with E-state index in [0.717, 1.165) is 22.6 Å². The molecule has 0 spiro atoms. The molecule has 0 aliphatic carbocycles. The van der Waals surface area contributed by atoms with E-state index in [1.165, 1.54) is 0 Å². The number of benzene rings is 3. The fraction of sp³-hybridized carbons (Fsp3) is 0.136. The summed E-state index contributed by atoms with van der Waals surface area (Å²) >= 11 is 7.61. The predicted molar refractivity (Wildman–Crippen MR) is 111 cm³/mol. The van der Waals surface area contributed by atoms with E-state index in [-0.39, 0.29) is 11.3 Å². The molecule has 1 aliphatic rings. The summed E-state index contributed by atoms with van der Waals surface area (Å²) in [5.74, 6) is 1.33. The minimum absolute atomic E-state index is 0.0881. The summed E-state index contributed by atoms with van der Waals surface area (Å²) in [7, 11) is 0. The van der Waals surface area contributed by atoms with Crippen LogP contribution in [0.2, 0.25) is 5.02 Å². The van der Waals surface area contributed by atoms with Crippen LogP contribution < -0.4 is 9.64 Å². The minimum atomic E-state index is -0.120. The van der Waals surface area contributed by atoms with Gasteiger partial charge in [-0.3, -0.25) is 9.69 Å². The number of ether oxygens (including phenoxy) is 1. The van der Waals surface area contributed by atoms with E-state index >= 15 is 0 Å². The number of rotatable bonds is 5. The summed E-state index contributed by atoms with van der Waals surface area (Å²) in [5, 5.41) is 0.534. The summed E-state index contributed by atoms with van der Waals surface area (Å²) in [4.78, 5) is 14.4. The molecule has 136 valence electrons. The molecule has 1 fully saturated rings. The monoisotopic (exact) mass is 395 g/mol. The Morgan fingerprint density at radius 2 is 1.67 bits per heavy atom. The van der Waals surface area contributed by atoms with Crippen LogP contribution in [0.3, 0.4) is 0 Å². The first-order chi connectivity index (χ1) is 13.2. The SMILES string of the molecule is O=C1CS[C@H](c2ccccc2OCc2ccccc2)N1c1ccc(Cl)cc1. The van der Waals surface area contributed by atoms with Gasteiger partial charge in [-0.15, -0.1) is 11.8 Å². The zero-order chi connectivity index (χ0) is 18.6. The molecule has 1 atom stereocenters. The van der Waals surface area contributed by atoms with Gasteiger partial charge in [-0.25, -0.2) is 0 Å². The van der Waals surface area contributed by atoms with E-state index in [0.29, 0.717) is 17.4 Å². The number of carbonyl (C=O) groups excluding carboxylic acids is 1. The van der Waals surface area contributed by atoms with E-state index in [9.17, 15) is 4.79 Å². The maximum Gasteiger partial charge on any atom is 0.238 e. The van der Waals surface area contributed by atoms with Crippen LogP contribution in [0.4, 0.5) is 5.69 Å². The highest BCUT2D eigenvalue weighted by Crippen LogP contribution is 2.45. The van der Waals surface area contributed by atoms with Gasteiger partial charge >= 0.3 is 0 Å². The number of hydrogen-bond acceptors (Lipinski definition) is 3. The summed E-state index contributed by atoms with van der Waals surface area (Å²) in [5.41, 5.74) is 2.95. The molecule has 3 nitrogen and oxygen atoms in total. The van der Waals surface area contributed by atoms with Crippen LogP contribution >= 0.6 is 23.4 Å². The zero-order valence-electron chi connectivity index (χ0n) is 14.5. The van der Waals surface area contributed by atoms with Gasteiger partial charge in [-0.05, 0) is 35.9 Å². The first kappa shape index (κ1) is 18.0. The molecule has 3 aromatic rings. The first-order valence-electron chi connectivity index (χ1n) is 8.67. The Morgan fingerprint density at radius 3 is 2.44 bits per heavy atom. The van der Waals surface area contributed by atoms with E-state index in [1.807, 2.05) is 83.8 Å². The Balaban J connectivity index is 1.62. The summed E-state index contributed by atoms with van der Waals surface area (Å²) in [6.45, 7) is 0.490. The average Bonchev–Trinajstić information content (AvgIpc) is 3.09. The molecule has 0 aromatic heterocycles. The molecule has 5 heteroatoms. The number of anilines is 1. The lowest BCUT2D eigenvalue weighted by atomic mass is 10.1. The minimum Gasteiger partial charge on any atom is -0.489 e. The van der Waals surface area contributed by atoms with Crippen LogP contribution in [0, 0.1) is 0 Å². The largest absolute Gasteiger partial charge is 0.489 e. The van der Waals surface area contributed by atoms with Gasteiger partial charge in [0.2, 0.25) is 5.91 Å². The molecule has 1 aliphatic heterocycles. The highest BCUT2D eigenvalue weighted by Gasteiger charge is 2.35. The Morgan fingerprint density at radius 1 is 0.963 bits per heavy atom. The lowest BCUT2D eigenvalue weighted by Gasteiger charge is -2.26. The lowest BCUT2D eigenvalue weighted by molar-refractivity contribution is -0.115. The number of carbonyl (C=O) groups is 1. The Bertz CT molecular complexity index is 931. The van der Waals surface area contributed by atoms with Crippen LogP contribution in [-0.2, 0) is 11.4 Å². The topological polar surface area (TPSA) is 29.5 Å². The number of halogens is 1. The van der Waals surface area contributed by atoms with Gasteiger partial charge in [0, 0.05) is 16.3 Å². The Labute approximate surface area is 167 Å². The van der Waals surface area contributed by atoms with Crippen molar-refractivity contribution in [1.29, 1.82) is 0 Å². The fourth-order valence-corrected chi connectivity index (χ4v) is 4.41. The summed E-state index contributed by atoms with van der Waals surface area (Å²) in [6.07, 6.45) is 0. The van der Waals surface area contributed by atoms with Crippen LogP contribution in [0.15, 0.2) is 78.9 Å². The second kappa shape index (κ2) is 8.07. The van der Waals surface area contributed by atoms with Gasteiger partial charge in [-0.1, -0.05) is 60.1 Å². The van der Waals surface area contributed by atoms with E-state index in [1.54, 1.807) is 11.8 Å².